The number of nitrogen functional groups attached to an aromatic ring is 1. The lowest BCUT2D eigenvalue weighted by Crippen LogP contribution is -2.06. The summed E-state index contributed by atoms with van der Waals surface area (Å²) in [7, 11) is 0. The van der Waals surface area contributed by atoms with Gasteiger partial charge in [0.05, 0.1) is 9.40 Å². The zero-order chi connectivity index (χ0) is 13.4. The fraction of sp³-hybridized carbons (Fsp3) is 0.222. The molecule has 9 heteroatoms. The van der Waals surface area contributed by atoms with Crippen molar-refractivity contribution in [2.24, 2.45) is 0 Å². The molecule has 0 aliphatic heterocycles. The number of nitrogens with two attached hydrogens (primary N) is 1. The predicted molar refractivity (Wildman–Crippen MR) is 71.2 cm³/mol. The molecule has 2 aromatic heterocycles. The highest BCUT2D eigenvalue weighted by atomic mass is 79.9. The third-order valence-electron chi connectivity index (χ3n) is 2.32. The zero-order valence-electron chi connectivity index (χ0n) is 9.18. The van der Waals surface area contributed by atoms with Crippen molar-refractivity contribution in [3.63, 3.8) is 0 Å². The van der Waals surface area contributed by atoms with E-state index >= 15 is 0 Å². The molecule has 0 aliphatic carbocycles. The molecule has 0 aliphatic rings. The number of furan rings is 1. The van der Waals surface area contributed by atoms with Gasteiger partial charge in [-0.3, -0.25) is 10.1 Å². The largest absolute Gasteiger partial charge is 0.451 e. The number of nitro groups is 1. The SMILES string of the molecule is Cc1nn(Cc2cc(Br)c(Br)o2)c(N)c1[N+](=O)[O-]. The number of hydrogen-bond acceptors (Lipinski definition) is 5. The molecule has 0 spiro atoms. The van der Waals surface area contributed by atoms with Gasteiger partial charge >= 0.3 is 5.69 Å². The summed E-state index contributed by atoms with van der Waals surface area (Å²) >= 11 is 6.49. The maximum atomic E-state index is 10.8. The second kappa shape index (κ2) is 4.73. The smallest absolute Gasteiger partial charge is 0.333 e. The van der Waals surface area contributed by atoms with Gasteiger partial charge in [-0.1, -0.05) is 0 Å². The number of aryl methyl sites for hydroxylation is 1. The average molecular weight is 380 g/mol. The summed E-state index contributed by atoms with van der Waals surface area (Å²) in [5.41, 5.74) is 5.80. The van der Waals surface area contributed by atoms with E-state index in [1.165, 1.54) is 4.68 Å². The molecule has 2 aromatic rings. The second-order valence-electron chi connectivity index (χ2n) is 3.57. The van der Waals surface area contributed by atoms with Crippen LogP contribution in [0.25, 0.3) is 0 Å². The fourth-order valence-corrected chi connectivity index (χ4v) is 2.21. The first-order valence-electron chi connectivity index (χ1n) is 4.81. The Morgan fingerprint density at radius 2 is 2.28 bits per heavy atom. The molecule has 0 atom stereocenters. The first-order chi connectivity index (χ1) is 8.40. The molecule has 0 fully saturated rings. The number of rotatable bonds is 3. The number of hydrogen-bond donors (Lipinski definition) is 1. The van der Waals surface area contributed by atoms with Crippen LogP contribution in [0.3, 0.4) is 0 Å². The monoisotopic (exact) mass is 378 g/mol. The van der Waals surface area contributed by atoms with Crippen molar-refractivity contribution in [1.29, 1.82) is 0 Å². The Morgan fingerprint density at radius 1 is 1.61 bits per heavy atom. The quantitative estimate of drug-likeness (QED) is 0.652. The molecule has 2 heterocycles. The molecule has 0 amide bonds. The summed E-state index contributed by atoms with van der Waals surface area (Å²) < 4.78 is 8.01. The second-order valence-corrected chi connectivity index (χ2v) is 5.14. The minimum atomic E-state index is -0.540. The number of nitrogens with zero attached hydrogens (tertiary/aromatic N) is 3. The molecule has 0 saturated heterocycles. The van der Waals surface area contributed by atoms with Gasteiger partial charge in [0, 0.05) is 0 Å². The van der Waals surface area contributed by atoms with E-state index in [1.807, 2.05) is 0 Å². The van der Waals surface area contributed by atoms with Crippen LogP contribution in [0.4, 0.5) is 11.5 Å². The summed E-state index contributed by atoms with van der Waals surface area (Å²) in [6.07, 6.45) is 0. The van der Waals surface area contributed by atoms with Crippen LogP contribution in [0.1, 0.15) is 11.5 Å². The predicted octanol–water partition coefficient (Wildman–Crippen LogP) is 2.85. The Bertz CT molecular complexity index is 600. The van der Waals surface area contributed by atoms with Gasteiger partial charge in [0.15, 0.2) is 4.67 Å². The highest BCUT2D eigenvalue weighted by molar-refractivity contribution is 9.13. The normalized spacial score (nSPS) is 10.8. The molecule has 2 rings (SSSR count). The van der Waals surface area contributed by atoms with Gasteiger partial charge in [0.1, 0.15) is 18.0 Å². The van der Waals surface area contributed by atoms with Crippen LogP contribution in [0.2, 0.25) is 0 Å². The van der Waals surface area contributed by atoms with Crippen LogP contribution in [0.15, 0.2) is 19.6 Å². The Balaban J connectivity index is 2.35. The summed E-state index contributed by atoms with van der Waals surface area (Å²) in [6.45, 7) is 1.77. The third-order valence-corrected chi connectivity index (χ3v) is 4.03. The van der Waals surface area contributed by atoms with Crippen LogP contribution in [-0.4, -0.2) is 14.7 Å². The van der Waals surface area contributed by atoms with E-state index < -0.39 is 4.92 Å². The summed E-state index contributed by atoms with van der Waals surface area (Å²) in [6, 6.07) is 1.74. The van der Waals surface area contributed by atoms with Crippen molar-refractivity contribution in [3.8, 4) is 0 Å². The summed E-state index contributed by atoms with van der Waals surface area (Å²) in [5, 5.41) is 14.8. The van der Waals surface area contributed by atoms with Gasteiger partial charge in [-0.05, 0) is 44.8 Å². The van der Waals surface area contributed by atoms with Crippen LogP contribution >= 0.6 is 31.9 Å². The Kier molecular flexibility index (Phi) is 3.44. The van der Waals surface area contributed by atoms with Crippen LogP contribution in [-0.2, 0) is 6.54 Å². The molecule has 7 nitrogen and oxygen atoms in total. The molecule has 0 saturated carbocycles. The van der Waals surface area contributed by atoms with Crippen LogP contribution in [0.5, 0.6) is 0 Å². The van der Waals surface area contributed by atoms with E-state index in [2.05, 4.69) is 37.0 Å². The van der Waals surface area contributed by atoms with Gasteiger partial charge in [-0.2, -0.15) is 5.10 Å². The minimum absolute atomic E-state index is 0.0149. The number of anilines is 1. The Hall–Kier alpha value is -1.35. The third kappa shape index (κ3) is 2.27. The van der Waals surface area contributed by atoms with Gasteiger partial charge in [0.2, 0.25) is 5.82 Å². The zero-order valence-corrected chi connectivity index (χ0v) is 12.4. The first-order valence-corrected chi connectivity index (χ1v) is 6.39. The summed E-state index contributed by atoms with van der Waals surface area (Å²) in [5.74, 6) is 0.596. The number of aromatic nitrogens is 2. The maximum absolute atomic E-state index is 10.8. The molecule has 0 unspecified atom stereocenters. The minimum Gasteiger partial charge on any atom is -0.451 e. The van der Waals surface area contributed by atoms with Crippen LogP contribution in [0, 0.1) is 17.0 Å². The van der Waals surface area contributed by atoms with Crippen molar-refractivity contribution in [3.05, 3.63) is 36.8 Å². The molecule has 0 bridgehead atoms. The topological polar surface area (TPSA) is 100 Å². The van der Waals surface area contributed by atoms with Crippen molar-refractivity contribution < 1.29 is 9.34 Å². The van der Waals surface area contributed by atoms with Crippen molar-refractivity contribution in [2.45, 2.75) is 13.5 Å². The average Bonchev–Trinajstić information content (AvgIpc) is 2.69. The Morgan fingerprint density at radius 3 is 2.72 bits per heavy atom. The standard InChI is InChI=1S/C9H8Br2N4O3/c1-4-7(15(16)17)9(12)14(13-4)3-5-2-6(10)8(11)18-5/h2H,3,12H2,1H3. The van der Waals surface area contributed by atoms with Gasteiger partial charge in [0.25, 0.3) is 0 Å². The van der Waals surface area contributed by atoms with E-state index in [1.54, 1.807) is 13.0 Å². The maximum Gasteiger partial charge on any atom is 0.333 e. The van der Waals surface area contributed by atoms with E-state index in [0.29, 0.717) is 10.4 Å². The van der Waals surface area contributed by atoms with Gasteiger partial charge in [-0.25, -0.2) is 4.68 Å². The van der Waals surface area contributed by atoms with E-state index in [-0.39, 0.29) is 23.7 Å². The lowest BCUT2D eigenvalue weighted by molar-refractivity contribution is -0.384. The van der Waals surface area contributed by atoms with Crippen molar-refractivity contribution in [1.82, 2.24) is 9.78 Å². The molecule has 0 radical (unpaired) electrons. The molecular weight excluding hydrogens is 372 g/mol. The molecule has 2 N–H and O–H groups in total. The van der Waals surface area contributed by atoms with Crippen LogP contribution < -0.4 is 5.73 Å². The van der Waals surface area contributed by atoms with Crippen molar-refractivity contribution >= 4 is 43.4 Å². The molecular formula is C9H8Br2N4O3. The molecule has 18 heavy (non-hydrogen) atoms. The lowest BCUT2D eigenvalue weighted by atomic mass is 10.4. The van der Waals surface area contributed by atoms with Crippen molar-refractivity contribution in [2.75, 3.05) is 5.73 Å². The van der Waals surface area contributed by atoms with E-state index in [4.69, 9.17) is 10.2 Å². The summed E-state index contributed by atoms with van der Waals surface area (Å²) in [4.78, 5) is 10.3. The highest BCUT2D eigenvalue weighted by Gasteiger charge is 2.23. The lowest BCUT2D eigenvalue weighted by Gasteiger charge is -1.99. The fourth-order valence-electron chi connectivity index (χ4n) is 1.55. The van der Waals surface area contributed by atoms with E-state index in [9.17, 15) is 10.1 Å². The number of halogens is 2. The molecule has 96 valence electrons. The molecule has 0 aromatic carbocycles. The highest BCUT2D eigenvalue weighted by Crippen LogP contribution is 2.29. The van der Waals surface area contributed by atoms with Gasteiger partial charge in [-0.15, -0.1) is 0 Å². The Labute approximate surface area is 118 Å². The van der Waals surface area contributed by atoms with Gasteiger partial charge < -0.3 is 10.2 Å². The van der Waals surface area contributed by atoms with E-state index in [0.717, 1.165) is 4.47 Å². The first kappa shape index (κ1) is 13.1.